The van der Waals surface area contributed by atoms with Crippen molar-refractivity contribution in [3.05, 3.63) is 29.8 Å². The van der Waals surface area contributed by atoms with E-state index in [1.54, 1.807) is 25.1 Å². The van der Waals surface area contributed by atoms with Gasteiger partial charge >= 0.3 is 0 Å². The largest absolute Gasteiger partial charge is 0.330 e. The van der Waals surface area contributed by atoms with Crippen LogP contribution in [0.15, 0.2) is 29.2 Å². The van der Waals surface area contributed by atoms with Gasteiger partial charge in [-0.3, -0.25) is 0 Å². The monoisotopic (exact) mass is 242 g/mol. The molecule has 0 heterocycles. The van der Waals surface area contributed by atoms with E-state index in [1.165, 1.54) is 0 Å². The molecule has 3 N–H and O–H groups in total. The average Bonchev–Trinajstić information content (AvgIpc) is 2.26. The zero-order valence-electron chi connectivity index (χ0n) is 9.60. The van der Waals surface area contributed by atoms with Gasteiger partial charge < -0.3 is 5.73 Å². The zero-order valence-corrected chi connectivity index (χ0v) is 10.4. The van der Waals surface area contributed by atoms with Gasteiger partial charge in [-0.1, -0.05) is 25.1 Å². The average molecular weight is 242 g/mol. The Morgan fingerprint density at radius 3 is 2.56 bits per heavy atom. The third kappa shape index (κ3) is 3.30. The van der Waals surface area contributed by atoms with Crippen molar-refractivity contribution < 1.29 is 8.42 Å². The van der Waals surface area contributed by atoms with Gasteiger partial charge in [-0.15, -0.1) is 0 Å². The maximum absolute atomic E-state index is 11.9. The molecule has 1 aromatic carbocycles. The van der Waals surface area contributed by atoms with E-state index in [2.05, 4.69) is 4.72 Å². The van der Waals surface area contributed by atoms with Crippen molar-refractivity contribution in [1.82, 2.24) is 4.72 Å². The standard InChI is InChI=1S/C11H18N2O2S/c1-9(7-12)8-13-16(14,15)11-6-4-3-5-10(11)2/h3-6,9,13H,7-8,12H2,1-2H3. The Morgan fingerprint density at radius 1 is 1.38 bits per heavy atom. The lowest BCUT2D eigenvalue weighted by atomic mass is 10.2. The molecule has 4 nitrogen and oxygen atoms in total. The lowest BCUT2D eigenvalue weighted by Crippen LogP contribution is -2.31. The summed E-state index contributed by atoms with van der Waals surface area (Å²) in [7, 11) is -3.40. The predicted octanol–water partition coefficient (Wildman–Crippen LogP) is 0.868. The Balaban J connectivity index is 2.83. The summed E-state index contributed by atoms with van der Waals surface area (Å²) in [6, 6.07) is 6.91. The number of nitrogens with two attached hydrogens (primary N) is 1. The molecule has 0 radical (unpaired) electrons. The van der Waals surface area contributed by atoms with Gasteiger partial charge in [0, 0.05) is 6.54 Å². The Kier molecular flexibility index (Phi) is 4.46. The third-order valence-electron chi connectivity index (χ3n) is 2.41. The van der Waals surface area contributed by atoms with E-state index in [9.17, 15) is 8.42 Å². The topological polar surface area (TPSA) is 72.2 Å². The molecule has 1 rings (SSSR count). The summed E-state index contributed by atoms with van der Waals surface area (Å²) in [6.45, 7) is 4.52. The molecule has 1 unspecified atom stereocenters. The van der Waals surface area contributed by atoms with Crippen LogP contribution < -0.4 is 10.5 Å². The van der Waals surface area contributed by atoms with Crippen LogP contribution in [0, 0.1) is 12.8 Å². The number of benzene rings is 1. The van der Waals surface area contributed by atoms with Crippen LogP contribution in [0.25, 0.3) is 0 Å². The summed E-state index contributed by atoms with van der Waals surface area (Å²) in [5, 5.41) is 0. The van der Waals surface area contributed by atoms with E-state index in [-0.39, 0.29) is 5.92 Å². The van der Waals surface area contributed by atoms with Crippen LogP contribution in [0.4, 0.5) is 0 Å². The summed E-state index contributed by atoms with van der Waals surface area (Å²) in [6.07, 6.45) is 0. The molecule has 1 atom stereocenters. The Labute approximate surface area is 96.9 Å². The van der Waals surface area contributed by atoms with Crippen molar-refractivity contribution in [2.45, 2.75) is 18.7 Å². The second-order valence-electron chi connectivity index (χ2n) is 3.96. The van der Waals surface area contributed by atoms with Gasteiger partial charge in [-0.2, -0.15) is 0 Å². The summed E-state index contributed by atoms with van der Waals surface area (Å²) in [4.78, 5) is 0.333. The number of hydrogen-bond acceptors (Lipinski definition) is 3. The second-order valence-corrected chi connectivity index (χ2v) is 5.69. The molecule has 0 aliphatic rings. The first-order chi connectivity index (χ1) is 7.47. The van der Waals surface area contributed by atoms with Crippen molar-refractivity contribution in [3.8, 4) is 0 Å². The first-order valence-corrected chi connectivity index (χ1v) is 6.71. The highest BCUT2D eigenvalue weighted by atomic mass is 32.2. The maximum atomic E-state index is 11.9. The zero-order chi connectivity index (χ0) is 12.2. The van der Waals surface area contributed by atoms with Crippen LogP contribution in [-0.4, -0.2) is 21.5 Å². The van der Waals surface area contributed by atoms with Gasteiger partial charge in [-0.25, -0.2) is 13.1 Å². The molecule has 0 amide bonds. The number of sulfonamides is 1. The van der Waals surface area contributed by atoms with Crippen molar-refractivity contribution >= 4 is 10.0 Å². The molecule has 0 aliphatic carbocycles. The summed E-state index contributed by atoms with van der Waals surface area (Å²) in [5.41, 5.74) is 6.18. The van der Waals surface area contributed by atoms with Crippen molar-refractivity contribution in [2.24, 2.45) is 11.7 Å². The molecule has 0 saturated heterocycles. The fourth-order valence-electron chi connectivity index (χ4n) is 1.27. The van der Waals surface area contributed by atoms with E-state index < -0.39 is 10.0 Å². The molecule has 0 spiro atoms. The van der Waals surface area contributed by atoms with E-state index in [1.807, 2.05) is 13.0 Å². The minimum Gasteiger partial charge on any atom is -0.330 e. The van der Waals surface area contributed by atoms with Gasteiger partial charge in [0.25, 0.3) is 0 Å². The highest BCUT2D eigenvalue weighted by molar-refractivity contribution is 7.89. The Hall–Kier alpha value is -0.910. The smallest absolute Gasteiger partial charge is 0.240 e. The van der Waals surface area contributed by atoms with Gasteiger partial charge in [-0.05, 0) is 31.0 Å². The lowest BCUT2D eigenvalue weighted by molar-refractivity contribution is 0.544. The molecular weight excluding hydrogens is 224 g/mol. The molecule has 5 heteroatoms. The van der Waals surface area contributed by atoms with Gasteiger partial charge in [0.15, 0.2) is 0 Å². The van der Waals surface area contributed by atoms with Crippen molar-refractivity contribution in [1.29, 1.82) is 0 Å². The van der Waals surface area contributed by atoms with Crippen LogP contribution in [-0.2, 0) is 10.0 Å². The Bertz CT molecular complexity index is 443. The van der Waals surface area contributed by atoms with E-state index >= 15 is 0 Å². The van der Waals surface area contributed by atoms with Crippen LogP contribution in [0.2, 0.25) is 0 Å². The number of hydrogen-bond donors (Lipinski definition) is 2. The molecule has 0 aromatic heterocycles. The first kappa shape index (κ1) is 13.2. The van der Waals surface area contributed by atoms with E-state index in [0.29, 0.717) is 18.0 Å². The van der Waals surface area contributed by atoms with Crippen LogP contribution in [0.1, 0.15) is 12.5 Å². The number of aryl methyl sites for hydroxylation is 1. The van der Waals surface area contributed by atoms with E-state index in [0.717, 1.165) is 5.56 Å². The molecule has 0 bridgehead atoms. The van der Waals surface area contributed by atoms with Crippen LogP contribution in [0.5, 0.6) is 0 Å². The Morgan fingerprint density at radius 2 is 2.00 bits per heavy atom. The number of rotatable bonds is 5. The highest BCUT2D eigenvalue weighted by Crippen LogP contribution is 2.13. The SMILES string of the molecule is Cc1ccccc1S(=O)(=O)NCC(C)CN. The minimum atomic E-state index is -3.40. The van der Waals surface area contributed by atoms with E-state index in [4.69, 9.17) is 5.73 Å². The van der Waals surface area contributed by atoms with Crippen LogP contribution >= 0.6 is 0 Å². The van der Waals surface area contributed by atoms with Crippen molar-refractivity contribution in [2.75, 3.05) is 13.1 Å². The second kappa shape index (κ2) is 5.43. The minimum absolute atomic E-state index is 0.138. The fourth-order valence-corrected chi connectivity index (χ4v) is 2.68. The molecule has 0 aliphatic heterocycles. The molecule has 16 heavy (non-hydrogen) atoms. The molecule has 90 valence electrons. The maximum Gasteiger partial charge on any atom is 0.240 e. The first-order valence-electron chi connectivity index (χ1n) is 5.22. The van der Waals surface area contributed by atoms with Gasteiger partial charge in [0.2, 0.25) is 10.0 Å². The normalized spacial score (nSPS) is 13.7. The van der Waals surface area contributed by atoms with Gasteiger partial charge in [0.05, 0.1) is 4.90 Å². The summed E-state index contributed by atoms with van der Waals surface area (Å²) in [5.74, 6) is 0.138. The molecular formula is C11H18N2O2S. The number of nitrogens with one attached hydrogen (secondary N) is 1. The summed E-state index contributed by atoms with van der Waals surface area (Å²) >= 11 is 0. The van der Waals surface area contributed by atoms with Crippen LogP contribution in [0.3, 0.4) is 0 Å². The molecule has 0 saturated carbocycles. The highest BCUT2D eigenvalue weighted by Gasteiger charge is 2.16. The quantitative estimate of drug-likeness (QED) is 0.804. The molecule has 1 aromatic rings. The fraction of sp³-hybridized carbons (Fsp3) is 0.455. The molecule has 0 fully saturated rings. The lowest BCUT2D eigenvalue weighted by Gasteiger charge is -2.12. The predicted molar refractivity (Wildman–Crippen MR) is 64.6 cm³/mol. The van der Waals surface area contributed by atoms with Gasteiger partial charge in [0.1, 0.15) is 0 Å². The summed E-state index contributed by atoms with van der Waals surface area (Å²) < 4.78 is 26.4. The third-order valence-corrected chi connectivity index (χ3v) is 3.99. The van der Waals surface area contributed by atoms with Crippen molar-refractivity contribution in [3.63, 3.8) is 0 Å².